The highest BCUT2D eigenvalue weighted by molar-refractivity contribution is 5.70. The molecule has 0 atom stereocenters. The molecule has 0 heterocycles. The van der Waals surface area contributed by atoms with E-state index in [0.717, 1.165) is 29.5 Å². The predicted octanol–water partition coefficient (Wildman–Crippen LogP) is 7.36. The van der Waals surface area contributed by atoms with E-state index < -0.39 is 0 Å². The molecule has 0 radical (unpaired) electrons. The number of carbonyl (C=O) groups excluding carboxylic acids is 1. The van der Waals surface area contributed by atoms with Crippen molar-refractivity contribution in [3.63, 3.8) is 0 Å². The van der Waals surface area contributed by atoms with Crippen molar-refractivity contribution in [1.29, 1.82) is 0 Å². The third-order valence-electron chi connectivity index (χ3n) is 6.25. The van der Waals surface area contributed by atoms with Gasteiger partial charge in [0.15, 0.2) is 0 Å². The van der Waals surface area contributed by atoms with Gasteiger partial charge in [0.2, 0.25) is 0 Å². The molecular weight excluding hydrogens is 372 g/mol. The van der Waals surface area contributed by atoms with Crippen LogP contribution in [0.5, 0.6) is 5.75 Å². The molecule has 0 spiro atoms. The lowest BCUT2D eigenvalue weighted by Gasteiger charge is -2.28. The number of hydrogen-bond donors (Lipinski definition) is 1. The minimum absolute atomic E-state index is 0.0836. The number of phenolic OH excluding ortho intramolecular Hbond substituents is 1. The number of aryl methyl sites for hydroxylation is 1. The van der Waals surface area contributed by atoms with Crippen molar-refractivity contribution in [2.45, 2.75) is 129 Å². The fourth-order valence-corrected chi connectivity index (χ4v) is 4.36. The van der Waals surface area contributed by atoms with Crippen molar-refractivity contribution >= 4 is 5.97 Å². The van der Waals surface area contributed by atoms with E-state index in [-0.39, 0.29) is 22.9 Å². The highest BCUT2D eigenvalue weighted by Crippen LogP contribution is 2.40. The van der Waals surface area contributed by atoms with Gasteiger partial charge in [-0.15, -0.1) is 0 Å². The predicted molar refractivity (Wildman–Crippen MR) is 125 cm³/mol. The lowest BCUT2D eigenvalue weighted by Crippen LogP contribution is -2.20. The second-order valence-electron chi connectivity index (χ2n) is 11.2. The SMILES string of the molecule is CC(C)(C)c1cc(CCC(=O)OC2CCCCCCCCC2)cc(C(C)(C)C)c1O. The Labute approximate surface area is 184 Å². The van der Waals surface area contributed by atoms with Crippen molar-refractivity contribution in [1.82, 2.24) is 0 Å². The quantitative estimate of drug-likeness (QED) is 0.522. The van der Waals surface area contributed by atoms with Crippen LogP contribution >= 0.6 is 0 Å². The Morgan fingerprint density at radius 2 is 1.30 bits per heavy atom. The average molecular weight is 417 g/mol. The molecule has 3 nitrogen and oxygen atoms in total. The highest BCUT2D eigenvalue weighted by Gasteiger charge is 2.26. The molecule has 1 aliphatic rings. The summed E-state index contributed by atoms with van der Waals surface area (Å²) in [5.74, 6) is 0.308. The maximum atomic E-state index is 12.6. The van der Waals surface area contributed by atoms with E-state index in [1.807, 2.05) is 0 Å². The molecule has 30 heavy (non-hydrogen) atoms. The largest absolute Gasteiger partial charge is 0.507 e. The van der Waals surface area contributed by atoms with Crippen molar-refractivity contribution in [2.24, 2.45) is 0 Å². The average Bonchev–Trinajstić information content (AvgIpc) is 2.64. The van der Waals surface area contributed by atoms with E-state index in [9.17, 15) is 9.90 Å². The molecule has 1 aromatic carbocycles. The summed E-state index contributed by atoms with van der Waals surface area (Å²) in [5.41, 5.74) is 2.69. The molecule has 170 valence electrons. The molecule has 3 heteroatoms. The Kier molecular flexibility index (Phi) is 8.82. The van der Waals surface area contributed by atoms with Crippen molar-refractivity contribution in [3.05, 3.63) is 28.8 Å². The van der Waals surface area contributed by atoms with Crippen LogP contribution in [0.1, 0.15) is 122 Å². The van der Waals surface area contributed by atoms with Gasteiger partial charge in [-0.05, 0) is 59.6 Å². The van der Waals surface area contributed by atoms with Crippen LogP contribution in [0.25, 0.3) is 0 Å². The first-order chi connectivity index (χ1) is 14.0. The van der Waals surface area contributed by atoms with E-state index in [1.165, 1.54) is 44.9 Å². The summed E-state index contributed by atoms with van der Waals surface area (Å²) in [6.45, 7) is 12.7. The number of carbonyl (C=O) groups is 1. The maximum Gasteiger partial charge on any atom is 0.306 e. The molecule has 1 saturated carbocycles. The normalized spacial score (nSPS) is 17.5. The molecule has 1 fully saturated rings. The molecule has 0 saturated heterocycles. The van der Waals surface area contributed by atoms with Crippen LogP contribution in [0.3, 0.4) is 0 Å². The van der Waals surface area contributed by atoms with E-state index in [1.54, 1.807) is 0 Å². The van der Waals surface area contributed by atoms with Gasteiger partial charge in [-0.1, -0.05) is 85.8 Å². The Morgan fingerprint density at radius 3 is 1.73 bits per heavy atom. The summed E-state index contributed by atoms with van der Waals surface area (Å²) >= 11 is 0. The summed E-state index contributed by atoms with van der Waals surface area (Å²) in [6, 6.07) is 4.14. The monoisotopic (exact) mass is 416 g/mol. The lowest BCUT2D eigenvalue weighted by molar-refractivity contribution is -0.149. The summed E-state index contributed by atoms with van der Waals surface area (Å²) in [7, 11) is 0. The summed E-state index contributed by atoms with van der Waals surface area (Å²) in [4.78, 5) is 12.6. The number of ether oxygens (including phenoxy) is 1. The van der Waals surface area contributed by atoms with Crippen molar-refractivity contribution in [3.8, 4) is 5.75 Å². The van der Waals surface area contributed by atoms with Gasteiger partial charge in [-0.2, -0.15) is 0 Å². The first-order valence-corrected chi connectivity index (χ1v) is 12.0. The Morgan fingerprint density at radius 1 is 0.867 bits per heavy atom. The van der Waals surface area contributed by atoms with Crippen LogP contribution in [0.2, 0.25) is 0 Å². The molecule has 1 aromatic rings. The standard InChI is InChI=1S/C27H44O3/c1-26(2,3)22-18-20(19-23(25(22)29)27(4,5)6)16-17-24(28)30-21-14-12-10-8-7-9-11-13-15-21/h18-19,21,29H,7-17H2,1-6H3. The van der Waals surface area contributed by atoms with Crippen LogP contribution < -0.4 is 0 Å². The third-order valence-corrected chi connectivity index (χ3v) is 6.25. The van der Waals surface area contributed by atoms with Crippen LogP contribution in [-0.4, -0.2) is 17.2 Å². The third kappa shape index (κ3) is 7.63. The van der Waals surface area contributed by atoms with Crippen LogP contribution in [0, 0.1) is 0 Å². The van der Waals surface area contributed by atoms with Crippen LogP contribution in [0.15, 0.2) is 12.1 Å². The molecule has 0 unspecified atom stereocenters. The Bertz CT molecular complexity index is 646. The second-order valence-corrected chi connectivity index (χ2v) is 11.2. The molecule has 1 N–H and O–H groups in total. The molecule has 0 aliphatic heterocycles. The maximum absolute atomic E-state index is 12.6. The first kappa shape index (κ1) is 24.8. The van der Waals surface area contributed by atoms with Gasteiger partial charge in [-0.3, -0.25) is 4.79 Å². The summed E-state index contributed by atoms with van der Waals surface area (Å²) in [5, 5.41) is 10.9. The van der Waals surface area contributed by atoms with Gasteiger partial charge in [0.05, 0.1) is 0 Å². The number of esters is 1. The number of benzene rings is 1. The zero-order chi connectivity index (χ0) is 22.4. The van der Waals surface area contributed by atoms with E-state index in [4.69, 9.17) is 4.74 Å². The van der Waals surface area contributed by atoms with E-state index in [0.29, 0.717) is 18.6 Å². The molecular formula is C27H44O3. The Hall–Kier alpha value is -1.51. The highest BCUT2D eigenvalue weighted by atomic mass is 16.5. The van der Waals surface area contributed by atoms with Gasteiger partial charge >= 0.3 is 5.97 Å². The molecule has 0 amide bonds. The first-order valence-electron chi connectivity index (χ1n) is 12.0. The van der Waals surface area contributed by atoms with Crippen LogP contribution in [0.4, 0.5) is 0 Å². The topological polar surface area (TPSA) is 46.5 Å². The number of rotatable bonds is 4. The van der Waals surface area contributed by atoms with Gasteiger partial charge in [0.25, 0.3) is 0 Å². The summed E-state index contributed by atoms with van der Waals surface area (Å²) < 4.78 is 5.88. The van der Waals surface area contributed by atoms with Gasteiger partial charge in [0.1, 0.15) is 11.9 Å². The molecule has 0 bridgehead atoms. The minimum atomic E-state index is -0.156. The van der Waals surface area contributed by atoms with Gasteiger partial charge < -0.3 is 9.84 Å². The molecule has 1 aliphatic carbocycles. The minimum Gasteiger partial charge on any atom is -0.507 e. The zero-order valence-corrected chi connectivity index (χ0v) is 20.3. The second kappa shape index (κ2) is 10.7. The Balaban J connectivity index is 2.05. The fourth-order valence-electron chi connectivity index (χ4n) is 4.36. The smallest absolute Gasteiger partial charge is 0.306 e. The van der Waals surface area contributed by atoms with Crippen molar-refractivity contribution in [2.75, 3.05) is 0 Å². The van der Waals surface area contributed by atoms with Gasteiger partial charge in [-0.25, -0.2) is 0 Å². The lowest BCUT2D eigenvalue weighted by atomic mass is 9.78. The van der Waals surface area contributed by atoms with E-state index in [2.05, 4.69) is 53.7 Å². The van der Waals surface area contributed by atoms with Crippen molar-refractivity contribution < 1.29 is 14.6 Å². The fraction of sp³-hybridized carbons (Fsp3) is 0.741. The van der Waals surface area contributed by atoms with E-state index >= 15 is 0 Å². The zero-order valence-electron chi connectivity index (χ0n) is 20.3. The number of hydrogen-bond acceptors (Lipinski definition) is 3. The molecule has 2 rings (SSSR count). The van der Waals surface area contributed by atoms with Crippen LogP contribution in [-0.2, 0) is 26.8 Å². The summed E-state index contributed by atoms with van der Waals surface area (Å²) in [6.07, 6.45) is 12.0. The number of phenols is 1. The number of aromatic hydroxyl groups is 1. The van der Waals surface area contributed by atoms with Gasteiger partial charge in [0, 0.05) is 6.42 Å². The molecule has 0 aromatic heterocycles.